The molecule has 74 valence electrons. The molecule has 0 saturated heterocycles. The first-order valence-corrected chi connectivity index (χ1v) is 4.64. The Hall–Kier alpha value is -1.13. The second-order valence-electron chi connectivity index (χ2n) is 3.58. The van der Waals surface area contributed by atoms with Crippen LogP contribution in [0.15, 0.2) is 18.2 Å². The minimum atomic E-state index is -0.489. The molecule has 0 unspecified atom stereocenters. The van der Waals surface area contributed by atoms with Crippen LogP contribution in [-0.4, -0.2) is 4.92 Å². The SMILES string of the molecule is NC1(c2ccc(Cl)c([N+](=O)[O-])c2)CC1. The standard InChI is InChI=1S/C9H9ClN2O2/c10-7-2-1-6(9(11)3-4-9)5-8(7)12(13)14/h1-2,5H,3-4,11H2. The van der Waals surface area contributed by atoms with E-state index < -0.39 is 4.92 Å². The van der Waals surface area contributed by atoms with Crippen molar-refractivity contribution in [1.29, 1.82) is 0 Å². The van der Waals surface area contributed by atoms with Gasteiger partial charge in [-0.1, -0.05) is 17.7 Å². The Morgan fingerprint density at radius 2 is 2.14 bits per heavy atom. The Morgan fingerprint density at radius 3 is 2.64 bits per heavy atom. The molecule has 0 aromatic heterocycles. The lowest BCUT2D eigenvalue weighted by Gasteiger charge is -2.08. The van der Waals surface area contributed by atoms with Crippen molar-refractivity contribution in [1.82, 2.24) is 0 Å². The molecule has 2 N–H and O–H groups in total. The van der Waals surface area contributed by atoms with Crippen molar-refractivity contribution in [3.05, 3.63) is 38.9 Å². The van der Waals surface area contributed by atoms with E-state index in [0.29, 0.717) is 0 Å². The molecule has 14 heavy (non-hydrogen) atoms. The van der Waals surface area contributed by atoms with Crippen LogP contribution in [-0.2, 0) is 5.54 Å². The maximum absolute atomic E-state index is 10.6. The van der Waals surface area contributed by atoms with Crippen LogP contribution in [0.5, 0.6) is 0 Å². The highest BCUT2D eigenvalue weighted by Gasteiger charge is 2.40. The van der Waals surface area contributed by atoms with E-state index >= 15 is 0 Å². The fourth-order valence-electron chi connectivity index (χ4n) is 1.39. The van der Waals surface area contributed by atoms with Crippen LogP contribution >= 0.6 is 11.6 Å². The van der Waals surface area contributed by atoms with Crippen LogP contribution in [0, 0.1) is 10.1 Å². The molecule has 1 aromatic rings. The van der Waals surface area contributed by atoms with E-state index in [1.807, 2.05) is 0 Å². The van der Waals surface area contributed by atoms with Gasteiger partial charge in [-0.15, -0.1) is 0 Å². The number of rotatable bonds is 2. The third-order valence-corrected chi connectivity index (χ3v) is 2.83. The summed E-state index contributed by atoms with van der Waals surface area (Å²) in [5.41, 5.74) is 6.30. The summed E-state index contributed by atoms with van der Waals surface area (Å²) in [6.45, 7) is 0. The van der Waals surface area contributed by atoms with Gasteiger partial charge in [-0.05, 0) is 24.5 Å². The molecule has 0 bridgehead atoms. The molecule has 0 aliphatic heterocycles. The molecule has 0 radical (unpaired) electrons. The Balaban J connectivity index is 2.46. The first kappa shape index (κ1) is 9.43. The maximum Gasteiger partial charge on any atom is 0.288 e. The zero-order valence-corrected chi connectivity index (χ0v) is 8.12. The van der Waals surface area contributed by atoms with Gasteiger partial charge in [-0.3, -0.25) is 10.1 Å². The van der Waals surface area contributed by atoms with Gasteiger partial charge in [0.25, 0.3) is 5.69 Å². The van der Waals surface area contributed by atoms with E-state index in [4.69, 9.17) is 17.3 Å². The van der Waals surface area contributed by atoms with E-state index in [-0.39, 0.29) is 16.2 Å². The zero-order chi connectivity index (χ0) is 10.3. The van der Waals surface area contributed by atoms with Crippen molar-refractivity contribution < 1.29 is 4.92 Å². The predicted octanol–water partition coefficient (Wildman–Crippen LogP) is 2.20. The number of nitrogens with two attached hydrogens (primary N) is 1. The molecule has 1 aromatic carbocycles. The topological polar surface area (TPSA) is 69.2 Å². The van der Waals surface area contributed by atoms with Crippen LogP contribution in [0.2, 0.25) is 5.02 Å². The number of hydrogen-bond donors (Lipinski definition) is 1. The molecule has 1 aliphatic carbocycles. The summed E-state index contributed by atoms with van der Waals surface area (Å²) in [6.07, 6.45) is 1.76. The first-order valence-electron chi connectivity index (χ1n) is 4.26. The van der Waals surface area contributed by atoms with Gasteiger partial charge in [0.15, 0.2) is 0 Å². The Labute approximate surface area is 85.8 Å². The van der Waals surface area contributed by atoms with Crippen molar-refractivity contribution in [3.8, 4) is 0 Å². The third kappa shape index (κ3) is 1.47. The van der Waals surface area contributed by atoms with E-state index in [9.17, 15) is 10.1 Å². The van der Waals surface area contributed by atoms with Crippen molar-refractivity contribution in [2.75, 3.05) is 0 Å². The second-order valence-corrected chi connectivity index (χ2v) is 3.99. The van der Waals surface area contributed by atoms with Gasteiger partial charge in [0.05, 0.1) is 4.92 Å². The van der Waals surface area contributed by atoms with Crippen LogP contribution in [0.1, 0.15) is 18.4 Å². The van der Waals surface area contributed by atoms with Crippen molar-refractivity contribution in [3.63, 3.8) is 0 Å². The summed E-state index contributed by atoms with van der Waals surface area (Å²) in [5, 5.41) is 10.8. The van der Waals surface area contributed by atoms with Crippen LogP contribution < -0.4 is 5.73 Å². The zero-order valence-electron chi connectivity index (χ0n) is 7.37. The molecule has 0 heterocycles. The molecule has 1 fully saturated rings. The summed E-state index contributed by atoms with van der Waals surface area (Å²) in [4.78, 5) is 10.1. The van der Waals surface area contributed by atoms with Gasteiger partial charge in [-0.2, -0.15) is 0 Å². The summed E-state index contributed by atoms with van der Waals surface area (Å²) in [5.74, 6) is 0. The van der Waals surface area contributed by atoms with Crippen LogP contribution in [0.3, 0.4) is 0 Å². The normalized spacial score (nSPS) is 17.9. The summed E-state index contributed by atoms with van der Waals surface area (Å²) in [6, 6.07) is 4.75. The highest BCUT2D eigenvalue weighted by molar-refractivity contribution is 6.32. The number of benzene rings is 1. The minimum absolute atomic E-state index is 0.0686. The van der Waals surface area contributed by atoms with Gasteiger partial charge in [0.1, 0.15) is 5.02 Å². The maximum atomic E-state index is 10.6. The monoisotopic (exact) mass is 212 g/mol. The van der Waals surface area contributed by atoms with Gasteiger partial charge >= 0.3 is 0 Å². The smallest absolute Gasteiger partial charge is 0.288 e. The average Bonchev–Trinajstić information content (AvgIpc) is 2.85. The number of hydrogen-bond acceptors (Lipinski definition) is 3. The van der Waals surface area contributed by atoms with E-state index in [2.05, 4.69) is 0 Å². The molecule has 1 saturated carbocycles. The van der Waals surface area contributed by atoms with E-state index in [1.165, 1.54) is 12.1 Å². The number of nitrogens with zero attached hydrogens (tertiary/aromatic N) is 1. The fraction of sp³-hybridized carbons (Fsp3) is 0.333. The van der Waals surface area contributed by atoms with Gasteiger partial charge in [-0.25, -0.2) is 0 Å². The summed E-state index contributed by atoms with van der Waals surface area (Å²) in [7, 11) is 0. The number of nitro benzene ring substituents is 1. The molecule has 0 spiro atoms. The molecule has 0 atom stereocenters. The lowest BCUT2D eigenvalue weighted by molar-refractivity contribution is -0.384. The molecular weight excluding hydrogens is 204 g/mol. The van der Waals surface area contributed by atoms with Crippen LogP contribution in [0.4, 0.5) is 5.69 Å². The number of nitro groups is 1. The summed E-state index contributed by atoms with van der Waals surface area (Å²) < 4.78 is 0. The number of halogens is 1. The van der Waals surface area contributed by atoms with Crippen molar-refractivity contribution in [2.45, 2.75) is 18.4 Å². The second kappa shape index (κ2) is 2.93. The fourth-order valence-corrected chi connectivity index (χ4v) is 1.57. The third-order valence-electron chi connectivity index (χ3n) is 2.51. The average molecular weight is 213 g/mol. The van der Waals surface area contributed by atoms with E-state index in [0.717, 1.165) is 18.4 Å². The minimum Gasteiger partial charge on any atom is -0.321 e. The van der Waals surface area contributed by atoms with Gasteiger partial charge in [0, 0.05) is 11.6 Å². The Morgan fingerprint density at radius 1 is 1.50 bits per heavy atom. The predicted molar refractivity (Wildman–Crippen MR) is 53.2 cm³/mol. The highest BCUT2D eigenvalue weighted by atomic mass is 35.5. The lowest BCUT2D eigenvalue weighted by Crippen LogP contribution is -2.18. The quantitative estimate of drug-likeness (QED) is 0.604. The van der Waals surface area contributed by atoms with E-state index in [1.54, 1.807) is 6.07 Å². The van der Waals surface area contributed by atoms with Gasteiger partial charge < -0.3 is 5.73 Å². The van der Waals surface area contributed by atoms with Crippen LogP contribution in [0.25, 0.3) is 0 Å². The first-order chi connectivity index (χ1) is 6.53. The van der Waals surface area contributed by atoms with Crippen molar-refractivity contribution >= 4 is 17.3 Å². The van der Waals surface area contributed by atoms with Crippen molar-refractivity contribution in [2.24, 2.45) is 5.73 Å². The molecule has 4 nitrogen and oxygen atoms in total. The molecular formula is C9H9ClN2O2. The molecule has 1 aliphatic rings. The van der Waals surface area contributed by atoms with Gasteiger partial charge in [0.2, 0.25) is 0 Å². The molecule has 2 rings (SSSR count). The summed E-state index contributed by atoms with van der Waals surface area (Å²) >= 11 is 5.68. The Bertz CT molecular complexity index is 402. The highest BCUT2D eigenvalue weighted by Crippen LogP contribution is 2.44. The molecule has 0 amide bonds. The Kier molecular flexibility index (Phi) is 1.97. The largest absolute Gasteiger partial charge is 0.321 e. The lowest BCUT2D eigenvalue weighted by atomic mass is 10.1. The molecule has 5 heteroatoms.